The number of benzene rings is 1. The molecule has 0 aromatic heterocycles. The fourth-order valence-corrected chi connectivity index (χ4v) is 2.19. The number of hydrogen-bond donors (Lipinski definition) is 2. The zero-order chi connectivity index (χ0) is 13.7. The highest BCUT2D eigenvalue weighted by Gasteiger charge is 2.29. The first-order valence-corrected chi connectivity index (χ1v) is 6.74. The number of aliphatic hydroxyl groups is 1. The Kier molecular flexibility index (Phi) is 4.93. The van der Waals surface area contributed by atoms with Crippen molar-refractivity contribution in [1.29, 1.82) is 0 Å². The lowest BCUT2D eigenvalue weighted by Gasteiger charge is -2.17. The monoisotopic (exact) mass is 263 g/mol. The van der Waals surface area contributed by atoms with Gasteiger partial charge in [-0.1, -0.05) is 30.3 Å². The Labute approximate surface area is 113 Å². The zero-order valence-electron chi connectivity index (χ0n) is 11.2. The molecule has 4 heteroatoms. The molecule has 0 amide bonds. The maximum absolute atomic E-state index is 11.8. The minimum Gasteiger partial charge on any atom is -0.469 e. The molecule has 1 fully saturated rings. The van der Waals surface area contributed by atoms with E-state index < -0.39 is 0 Å². The number of ether oxygens (including phenoxy) is 1. The zero-order valence-corrected chi connectivity index (χ0v) is 11.2. The van der Waals surface area contributed by atoms with Crippen molar-refractivity contribution in [2.24, 2.45) is 5.92 Å². The SMILES string of the molecule is COC(=O)C(CNCC(O)C1CC1)c1ccccc1. The normalized spacial score (nSPS) is 17.8. The third kappa shape index (κ3) is 4.04. The summed E-state index contributed by atoms with van der Waals surface area (Å²) in [5.41, 5.74) is 0.933. The minimum absolute atomic E-state index is 0.250. The summed E-state index contributed by atoms with van der Waals surface area (Å²) in [6.45, 7) is 1.02. The van der Waals surface area contributed by atoms with Crippen LogP contribution in [0.15, 0.2) is 30.3 Å². The van der Waals surface area contributed by atoms with E-state index in [2.05, 4.69) is 5.32 Å². The van der Waals surface area contributed by atoms with Gasteiger partial charge in [0.25, 0.3) is 0 Å². The van der Waals surface area contributed by atoms with Crippen molar-refractivity contribution in [3.8, 4) is 0 Å². The van der Waals surface area contributed by atoms with Crippen LogP contribution >= 0.6 is 0 Å². The number of aliphatic hydroxyl groups excluding tert-OH is 1. The van der Waals surface area contributed by atoms with Gasteiger partial charge in [0, 0.05) is 13.1 Å². The average Bonchev–Trinajstić information content (AvgIpc) is 3.28. The van der Waals surface area contributed by atoms with Gasteiger partial charge in [-0.3, -0.25) is 4.79 Å². The van der Waals surface area contributed by atoms with Crippen LogP contribution in [0.1, 0.15) is 24.3 Å². The highest BCUT2D eigenvalue weighted by atomic mass is 16.5. The van der Waals surface area contributed by atoms with Gasteiger partial charge in [0.15, 0.2) is 0 Å². The van der Waals surface area contributed by atoms with Crippen molar-refractivity contribution >= 4 is 5.97 Å². The fraction of sp³-hybridized carbons (Fsp3) is 0.533. The van der Waals surface area contributed by atoms with E-state index in [4.69, 9.17) is 4.74 Å². The number of rotatable bonds is 7. The Balaban J connectivity index is 1.89. The van der Waals surface area contributed by atoms with Crippen LogP contribution in [0.5, 0.6) is 0 Å². The first-order chi connectivity index (χ1) is 9.22. The summed E-state index contributed by atoms with van der Waals surface area (Å²) >= 11 is 0. The molecule has 19 heavy (non-hydrogen) atoms. The van der Waals surface area contributed by atoms with E-state index in [0.717, 1.165) is 18.4 Å². The molecule has 1 aliphatic carbocycles. The molecule has 1 aromatic rings. The van der Waals surface area contributed by atoms with Crippen LogP contribution in [0.4, 0.5) is 0 Å². The van der Waals surface area contributed by atoms with Gasteiger partial charge in [-0.15, -0.1) is 0 Å². The van der Waals surface area contributed by atoms with Crippen LogP contribution in [0.3, 0.4) is 0 Å². The highest BCUT2D eigenvalue weighted by molar-refractivity contribution is 5.78. The molecular formula is C15H21NO3. The third-order valence-corrected chi connectivity index (χ3v) is 3.56. The molecule has 4 nitrogen and oxygen atoms in total. The van der Waals surface area contributed by atoms with E-state index >= 15 is 0 Å². The first kappa shape index (κ1) is 14.0. The Bertz CT molecular complexity index is 403. The summed E-state index contributed by atoms with van der Waals surface area (Å²) in [6.07, 6.45) is 1.93. The van der Waals surface area contributed by atoms with Crippen LogP contribution < -0.4 is 5.32 Å². The van der Waals surface area contributed by atoms with Crippen LogP contribution in [0.25, 0.3) is 0 Å². The molecule has 2 rings (SSSR count). The second kappa shape index (κ2) is 6.68. The van der Waals surface area contributed by atoms with Gasteiger partial charge in [0.05, 0.1) is 19.1 Å². The van der Waals surface area contributed by atoms with E-state index in [1.165, 1.54) is 7.11 Å². The highest BCUT2D eigenvalue weighted by Crippen LogP contribution is 2.32. The summed E-state index contributed by atoms with van der Waals surface area (Å²) in [7, 11) is 1.40. The summed E-state index contributed by atoms with van der Waals surface area (Å²) in [5.74, 6) is -0.127. The second-order valence-corrected chi connectivity index (χ2v) is 5.05. The van der Waals surface area contributed by atoms with E-state index in [0.29, 0.717) is 19.0 Å². The molecule has 2 atom stereocenters. The summed E-state index contributed by atoms with van der Waals surface area (Å²) in [5, 5.41) is 13.0. The van der Waals surface area contributed by atoms with Crippen molar-refractivity contribution in [2.75, 3.05) is 20.2 Å². The van der Waals surface area contributed by atoms with E-state index in [9.17, 15) is 9.90 Å². The van der Waals surface area contributed by atoms with Gasteiger partial charge in [-0.05, 0) is 24.3 Å². The molecule has 0 saturated heterocycles. The maximum atomic E-state index is 11.8. The fourth-order valence-electron chi connectivity index (χ4n) is 2.19. The van der Waals surface area contributed by atoms with Gasteiger partial charge in [-0.25, -0.2) is 0 Å². The largest absolute Gasteiger partial charge is 0.469 e. The predicted octanol–water partition coefficient (Wildman–Crippen LogP) is 1.30. The number of nitrogens with one attached hydrogen (secondary N) is 1. The van der Waals surface area contributed by atoms with Crippen LogP contribution in [-0.4, -0.2) is 37.4 Å². The number of carbonyl (C=O) groups is 1. The van der Waals surface area contributed by atoms with E-state index in [1.54, 1.807) is 0 Å². The molecule has 0 spiro atoms. The average molecular weight is 263 g/mol. The molecule has 2 unspecified atom stereocenters. The van der Waals surface area contributed by atoms with Crippen molar-refractivity contribution < 1.29 is 14.6 Å². The van der Waals surface area contributed by atoms with Crippen LogP contribution in [0.2, 0.25) is 0 Å². The molecule has 0 bridgehead atoms. The first-order valence-electron chi connectivity index (χ1n) is 6.74. The third-order valence-electron chi connectivity index (χ3n) is 3.56. The number of esters is 1. The lowest BCUT2D eigenvalue weighted by Crippen LogP contribution is -2.34. The van der Waals surface area contributed by atoms with E-state index in [-0.39, 0.29) is 18.0 Å². The minimum atomic E-state index is -0.322. The van der Waals surface area contributed by atoms with Crippen molar-refractivity contribution in [3.63, 3.8) is 0 Å². The lowest BCUT2D eigenvalue weighted by atomic mass is 9.99. The van der Waals surface area contributed by atoms with Gasteiger partial charge in [0.2, 0.25) is 0 Å². The Morgan fingerprint density at radius 1 is 1.37 bits per heavy atom. The smallest absolute Gasteiger partial charge is 0.314 e. The standard InChI is InChI=1S/C15H21NO3/c1-19-15(18)13(11-5-3-2-4-6-11)9-16-10-14(17)12-7-8-12/h2-6,12-14,16-17H,7-10H2,1H3. The molecule has 0 aliphatic heterocycles. The maximum Gasteiger partial charge on any atom is 0.314 e. The Morgan fingerprint density at radius 2 is 2.05 bits per heavy atom. The quantitative estimate of drug-likeness (QED) is 0.728. The Morgan fingerprint density at radius 3 is 2.63 bits per heavy atom. The second-order valence-electron chi connectivity index (χ2n) is 5.05. The number of carbonyl (C=O) groups excluding carboxylic acids is 1. The molecule has 2 N–H and O–H groups in total. The summed E-state index contributed by atoms with van der Waals surface area (Å²) in [4.78, 5) is 11.8. The Hall–Kier alpha value is -1.39. The van der Waals surface area contributed by atoms with Gasteiger partial charge in [0.1, 0.15) is 0 Å². The number of methoxy groups -OCH3 is 1. The van der Waals surface area contributed by atoms with Gasteiger partial charge >= 0.3 is 5.97 Å². The molecule has 1 saturated carbocycles. The molecule has 1 aromatic carbocycles. The summed E-state index contributed by atoms with van der Waals surface area (Å²) in [6, 6.07) is 9.57. The van der Waals surface area contributed by atoms with Crippen molar-refractivity contribution in [3.05, 3.63) is 35.9 Å². The lowest BCUT2D eigenvalue weighted by molar-refractivity contribution is -0.142. The van der Waals surface area contributed by atoms with Crippen LogP contribution in [0, 0.1) is 5.92 Å². The predicted molar refractivity (Wildman–Crippen MR) is 72.8 cm³/mol. The number of hydrogen-bond acceptors (Lipinski definition) is 4. The van der Waals surface area contributed by atoms with Gasteiger partial charge < -0.3 is 15.2 Å². The van der Waals surface area contributed by atoms with Crippen LogP contribution in [-0.2, 0) is 9.53 Å². The molecule has 104 valence electrons. The molecular weight excluding hydrogens is 242 g/mol. The topological polar surface area (TPSA) is 58.6 Å². The molecule has 0 heterocycles. The summed E-state index contributed by atoms with van der Waals surface area (Å²) < 4.78 is 4.84. The van der Waals surface area contributed by atoms with Crippen molar-refractivity contribution in [1.82, 2.24) is 5.32 Å². The van der Waals surface area contributed by atoms with Crippen molar-refractivity contribution in [2.45, 2.75) is 24.9 Å². The van der Waals surface area contributed by atoms with Gasteiger partial charge in [-0.2, -0.15) is 0 Å². The molecule has 1 aliphatic rings. The van der Waals surface area contributed by atoms with E-state index in [1.807, 2.05) is 30.3 Å². The molecule has 0 radical (unpaired) electrons.